The molecule has 1 saturated heterocycles. The molecule has 1 aromatic carbocycles. The van der Waals surface area contributed by atoms with Crippen molar-refractivity contribution in [3.8, 4) is 0 Å². The van der Waals surface area contributed by atoms with Crippen LogP contribution in [0.15, 0.2) is 18.2 Å². The predicted octanol–water partition coefficient (Wildman–Crippen LogP) is 3.36. The maximum Gasteiger partial charge on any atom is 0.324 e. The van der Waals surface area contributed by atoms with Crippen molar-refractivity contribution in [3.05, 3.63) is 35.4 Å². The maximum atomic E-state index is 13.9. The molecule has 0 saturated carbocycles. The predicted molar refractivity (Wildman–Crippen MR) is 71.4 cm³/mol. The molecule has 2 unspecified atom stereocenters. The molecule has 3 nitrogen and oxygen atoms in total. The minimum atomic E-state index is -0.944. The zero-order chi connectivity index (χ0) is 14.9. The number of carboxylic acid groups (broad SMARTS) is 1. The lowest BCUT2D eigenvalue weighted by Crippen LogP contribution is -2.51. The molecule has 1 aliphatic rings. The summed E-state index contributed by atoms with van der Waals surface area (Å²) >= 11 is 0. The highest BCUT2D eigenvalue weighted by Crippen LogP contribution is 2.39. The summed E-state index contributed by atoms with van der Waals surface area (Å²) in [5.41, 5.74) is -0.604. The Hall–Kier alpha value is -1.49. The van der Waals surface area contributed by atoms with Crippen molar-refractivity contribution in [3.63, 3.8) is 0 Å². The van der Waals surface area contributed by atoms with Crippen molar-refractivity contribution in [2.45, 2.75) is 44.7 Å². The van der Waals surface area contributed by atoms with Crippen molar-refractivity contribution < 1.29 is 18.7 Å². The molecule has 1 heterocycles. The molecule has 1 aromatic rings. The van der Waals surface area contributed by atoms with E-state index in [1.807, 2.05) is 11.8 Å². The second-order valence-corrected chi connectivity index (χ2v) is 5.33. The molecule has 1 N–H and O–H groups in total. The SMILES string of the molecule is CCC1(C(=O)O)CCCN1C(C)c1ccc(F)cc1F. The molecule has 0 aromatic heterocycles. The largest absolute Gasteiger partial charge is 0.480 e. The first-order chi connectivity index (χ1) is 9.42. The molecular formula is C15H19F2NO2. The summed E-state index contributed by atoms with van der Waals surface area (Å²) in [4.78, 5) is 13.5. The van der Waals surface area contributed by atoms with E-state index in [9.17, 15) is 18.7 Å². The Balaban J connectivity index is 2.36. The van der Waals surface area contributed by atoms with Gasteiger partial charge in [0.05, 0.1) is 0 Å². The van der Waals surface area contributed by atoms with E-state index < -0.39 is 29.2 Å². The average Bonchev–Trinajstić information content (AvgIpc) is 2.83. The van der Waals surface area contributed by atoms with Gasteiger partial charge in [0.2, 0.25) is 0 Å². The minimum absolute atomic E-state index is 0.340. The van der Waals surface area contributed by atoms with E-state index in [2.05, 4.69) is 0 Å². The first-order valence-corrected chi connectivity index (χ1v) is 6.87. The molecule has 2 rings (SSSR count). The zero-order valence-corrected chi connectivity index (χ0v) is 11.7. The van der Waals surface area contributed by atoms with Crippen LogP contribution in [0.2, 0.25) is 0 Å². The first-order valence-electron chi connectivity index (χ1n) is 6.87. The van der Waals surface area contributed by atoms with Gasteiger partial charge < -0.3 is 5.11 Å². The van der Waals surface area contributed by atoms with Crippen molar-refractivity contribution in [1.82, 2.24) is 4.90 Å². The molecule has 0 radical (unpaired) electrons. The Bertz CT molecular complexity index is 521. The second kappa shape index (κ2) is 5.48. The van der Waals surface area contributed by atoms with Crippen LogP contribution in [-0.4, -0.2) is 28.1 Å². The van der Waals surface area contributed by atoms with Gasteiger partial charge in [0.1, 0.15) is 17.2 Å². The summed E-state index contributed by atoms with van der Waals surface area (Å²) in [5.74, 6) is -2.12. The zero-order valence-electron chi connectivity index (χ0n) is 11.7. The number of hydrogen-bond donors (Lipinski definition) is 1. The van der Waals surface area contributed by atoms with Gasteiger partial charge in [0, 0.05) is 17.7 Å². The van der Waals surface area contributed by atoms with Crippen molar-refractivity contribution in [2.75, 3.05) is 6.54 Å². The van der Waals surface area contributed by atoms with Gasteiger partial charge in [-0.3, -0.25) is 9.69 Å². The summed E-state index contributed by atoms with van der Waals surface area (Å²) in [6.45, 7) is 4.22. The van der Waals surface area contributed by atoms with Crippen molar-refractivity contribution >= 4 is 5.97 Å². The molecule has 0 amide bonds. The van der Waals surface area contributed by atoms with Gasteiger partial charge in [0.15, 0.2) is 0 Å². The Morgan fingerprint density at radius 3 is 2.75 bits per heavy atom. The Labute approximate surface area is 117 Å². The second-order valence-electron chi connectivity index (χ2n) is 5.33. The number of hydrogen-bond acceptors (Lipinski definition) is 2. The van der Waals surface area contributed by atoms with Gasteiger partial charge in [-0.25, -0.2) is 8.78 Å². The molecule has 5 heteroatoms. The van der Waals surface area contributed by atoms with E-state index >= 15 is 0 Å². The van der Waals surface area contributed by atoms with Crippen LogP contribution in [0, 0.1) is 11.6 Å². The lowest BCUT2D eigenvalue weighted by Gasteiger charge is -2.38. The summed E-state index contributed by atoms with van der Waals surface area (Å²) in [7, 11) is 0. The molecule has 0 bridgehead atoms. The maximum absolute atomic E-state index is 13.9. The molecule has 1 fully saturated rings. The summed E-state index contributed by atoms with van der Waals surface area (Å²) in [6, 6.07) is 3.06. The fourth-order valence-electron chi connectivity index (χ4n) is 3.23. The number of likely N-dealkylation sites (tertiary alicyclic amines) is 1. The third-order valence-electron chi connectivity index (χ3n) is 4.40. The number of rotatable bonds is 4. The fraction of sp³-hybridized carbons (Fsp3) is 0.533. The number of carboxylic acids is 1. The van der Waals surface area contributed by atoms with Gasteiger partial charge in [-0.1, -0.05) is 13.0 Å². The van der Waals surface area contributed by atoms with E-state index in [1.54, 1.807) is 6.92 Å². The fourth-order valence-corrected chi connectivity index (χ4v) is 3.23. The molecule has 0 aliphatic carbocycles. The van der Waals surface area contributed by atoms with Gasteiger partial charge in [0.25, 0.3) is 0 Å². The van der Waals surface area contributed by atoms with Crippen LogP contribution < -0.4 is 0 Å². The molecular weight excluding hydrogens is 264 g/mol. The highest BCUT2D eigenvalue weighted by atomic mass is 19.1. The van der Waals surface area contributed by atoms with E-state index in [0.29, 0.717) is 24.9 Å². The molecule has 0 spiro atoms. The van der Waals surface area contributed by atoms with Gasteiger partial charge in [-0.2, -0.15) is 0 Å². The van der Waals surface area contributed by atoms with Gasteiger partial charge >= 0.3 is 5.97 Å². The highest BCUT2D eigenvalue weighted by molar-refractivity contribution is 5.79. The van der Waals surface area contributed by atoms with Crippen LogP contribution in [-0.2, 0) is 4.79 Å². The standard InChI is InChI=1S/C15H19F2NO2/c1-3-15(14(19)20)7-4-8-18(15)10(2)12-6-5-11(16)9-13(12)17/h5-6,9-10H,3-4,7-8H2,1-2H3,(H,19,20). The average molecular weight is 283 g/mol. The quantitative estimate of drug-likeness (QED) is 0.921. The number of halogens is 2. The minimum Gasteiger partial charge on any atom is -0.480 e. The van der Waals surface area contributed by atoms with E-state index in [4.69, 9.17) is 0 Å². The Kier molecular flexibility index (Phi) is 4.09. The van der Waals surface area contributed by atoms with E-state index in [-0.39, 0.29) is 0 Å². The topological polar surface area (TPSA) is 40.5 Å². The Morgan fingerprint density at radius 1 is 1.50 bits per heavy atom. The smallest absolute Gasteiger partial charge is 0.324 e. The highest BCUT2D eigenvalue weighted by Gasteiger charge is 2.48. The third-order valence-corrected chi connectivity index (χ3v) is 4.40. The molecule has 1 aliphatic heterocycles. The molecule has 2 atom stereocenters. The number of aliphatic carboxylic acids is 1. The monoisotopic (exact) mass is 283 g/mol. The summed E-state index contributed by atoms with van der Waals surface area (Å²) in [5, 5.41) is 9.55. The van der Waals surface area contributed by atoms with Crippen LogP contribution >= 0.6 is 0 Å². The summed E-state index contributed by atoms with van der Waals surface area (Å²) in [6.07, 6.45) is 1.80. The normalized spacial score (nSPS) is 24.8. The van der Waals surface area contributed by atoms with Gasteiger partial charge in [-0.05, 0) is 38.8 Å². The van der Waals surface area contributed by atoms with Crippen LogP contribution in [0.4, 0.5) is 8.78 Å². The van der Waals surface area contributed by atoms with Crippen LogP contribution in [0.1, 0.15) is 44.7 Å². The van der Waals surface area contributed by atoms with E-state index in [1.165, 1.54) is 12.1 Å². The summed E-state index contributed by atoms with van der Waals surface area (Å²) < 4.78 is 26.9. The van der Waals surface area contributed by atoms with Crippen LogP contribution in [0.3, 0.4) is 0 Å². The lowest BCUT2D eigenvalue weighted by molar-refractivity contribution is -0.151. The van der Waals surface area contributed by atoms with Crippen LogP contribution in [0.25, 0.3) is 0 Å². The number of nitrogens with zero attached hydrogens (tertiary/aromatic N) is 1. The van der Waals surface area contributed by atoms with Crippen LogP contribution in [0.5, 0.6) is 0 Å². The molecule has 110 valence electrons. The first kappa shape index (κ1) is 14.9. The third kappa shape index (κ3) is 2.30. The number of benzene rings is 1. The van der Waals surface area contributed by atoms with E-state index in [0.717, 1.165) is 12.5 Å². The molecule has 20 heavy (non-hydrogen) atoms. The van der Waals surface area contributed by atoms with Crippen molar-refractivity contribution in [2.24, 2.45) is 0 Å². The number of carbonyl (C=O) groups is 1. The van der Waals surface area contributed by atoms with Gasteiger partial charge in [-0.15, -0.1) is 0 Å². The lowest BCUT2D eigenvalue weighted by atomic mass is 9.90. The Morgan fingerprint density at radius 2 is 2.20 bits per heavy atom. The van der Waals surface area contributed by atoms with Crippen molar-refractivity contribution in [1.29, 1.82) is 0 Å².